The van der Waals surface area contributed by atoms with Crippen LogP contribution in [-0.2, 0) is 9.59 Å². The number of fused-ring (bicyclic) bond motifs is 1. The third-order valence-electron chi connectivity index (χ3n) is 2.59. The molecule has 1 aromatic heterocycles. The number of aromatic nitrogens is 2. The van der Waals surface area contributed by atoms with Gasteiger partial charge in [-0.15, -0.1) is 0 Å². The number of anilines is 1. The summed E-state index contributed by atoms with van der Waals surface area (Å²) in [4.78, 5) is 29.8. The molecule has 0 saturated heterocycles. The number of hydrogen-bond acceptors (Lipinski definition) is 5. The second-order valence-corrected chi connectivity index (χ2v) is 4.93. The summed E-state index contributed by atoms with van der Waals surface area (Å²) in [6.45, 7) is 0. The average Bonchev–Trinajstić information content (AvgIpc) is 2.38. The third-order valence-corrected chi connectivity index (χ3v) is 3.08. The maximum Gasteiger partial charge on any atom is 0.326 e. The SMILES string of the molecule is O=C(O)C[C@H](Nc1ncnc2ccc(Br)cc12)C(=O)O. The van der Waals surface area contributed by atoms with E-state index in [1.165, 1.54) is 6.33 Å². The first kappa shape index (κ1) is 14.2. The first-order chi connectivity index (χ1) is 9.47. The first-order valence-corrected chi connectivity index (χ1v) is 6.38. The van der Waals surface area contributed by atoms with Crippen molar-refractivity contribution in [2.45, 2.75) is 12.5 Å². The number of carboxylic acid groups (broad SMARTS) is 2. The third kappa shape index (κ3) is 3.21. The van der Waals surface area contributed by atoms with Crippen LogP contribution in [-0.4, -0.2) is 38.2 Å². The van der Waals surface area contributed by atoms with E-state index in [1.807, 2.05) is 0 Å². The van der Waals surface area contributed by atoms with Crippen LogP contribution in [0.25, 0.3) is 10.9 Å². The van der Waals surface area contributed by atoms with Crippen LogP contribution in [0.1, 0.15) is 6.42 Å². The van der Waals surface area contributed by atoms with Gasteiger partial charge in [-0.1, -0.05) is 15.9 Å². The summed E-state index contributed by atoms with van der Waals surface area (Å²) in [6.07, 6.45) is 0.743. The molecular formula is C12H10BrN3O4. The van der Waals surface area contributed by atoms with Crippen LogP contribution in [0.15, 0.2) is 29.0 Å². The molecule has 20 heavy (non-hydrogen) atoms. The minimum absolute atomic E-state index is 0.282. The molecule has 0 spiro atoms. The first-order valence-electron chi connectivity index (χ1n) is 5.59. The van der Waals surface area contributed by atoms with Gasteiger partial charge in [0, 0.05) is 9.86 Å². The molecule has 0 aliphatic heterocycles. The van der Waals surface area contributed by atoms with Crippen molar-refractivity contribution in [2.75, 3.05) is 5.32 Å². The lowest BCUT2D eigenvalue weighted by molar-refractivity contribution is -0.144. The molecule has 0 radical (unpaired) electrons. The van der Waals surface area contributed by atoms with Crippen LogP contribution in [0.4, 0.5) is 5.82 Å². The smallest absolute Gasteiger partial charge is 0.326 e. The Morgan fingerprint density at radius 2 is 2.05 bits per heavy atom. The molecule has 2 aromatic rings. The molecule has 0 aliphatic carbocycles. The minimum Gasteiger partial charge on any atom is -0.481 e. The van der Waals surface area contributed by atoms with E-state index < -0.39 is 24.4 Å². The van der Waals surface area contributed by atoms with E-state index in [0.717, 1.165) is 4.47 Å². The number of nitrogens with zero attached hydrogens (tertiary/aromatic N) is 2. The van der Waals surface area contributed by atoms with Crippen LogP contribution in [0, 0.1) is 0 Å². The predicted molar refractivity (Wildman–Crippen MR) is 74.5 cm³/mol. The van der Waals surface area contributed by atoms with Crippen molar-refractivity contribution in [3.05, 3.63) is 29.0 Å². The Kier molecular flexibility index (Phi) is 4.14. The van der Waals surface area contributed by atoms with Gasteiger partial charge in [-0.3, -0.25) is 4.79 Å². The maximum absolute atomic E-state index is 11.1. The van der Waals surface area contributed by atoms with Crippen molar-refractivity contribution in [2.24, 2.45) is 0 Å². The molecule has 3 N–H and O–H groups in total. The number of nitrogens with one attached hydrogen (secondary N) is 1. The predicted octanol–water partition coefficient (Wildman–Crippen LogP) is 1.73. The number of rotatable bonds is 5. The van der Waals surface area contributed by atoms with Gasteiger partial charge in [0.25, 0.3) is 0 Å². The fourth-order valence-electron chi connectivity index (χ4n) is 1.68. The van der Waals surface area contributed by atoms with Gasteiger partial charge in [-0.25, -0.2) is 14.8 Å². The highest BCUT2D eigenvalue weighted by Crippen LogP contribution is 2.24. The topological polar surface area (TPSA) is 112 Å². The van der Waals surface area contributed by atoms with Gasteiger partial charge in [-0.2, -0.15) is 0 Å². The van der Waals surface area contributed by atoms with Crippen LogP contribution in [0.2, 0.25) is 0 Å². The van der Waals surface area contributed by atoms with E-state index >= 15 is 0 Å². The van der Waals surface area contributed by atoms with Crippen molar-refractivity contribution in [1.29, 1.82) is 0 Å². The number of carboxylic acids is 2. The van der Waals surface area contributed by atoms with E-state index in [0.29, 0.717) is 10.9 Å². The number of benzene rings is 1. The Morgan fingerprint density at radius 3 is 2.70 bits per heavy atom. The molecule has 104 valence electrons. The summed E-state index contributed by atoms with van der Waals surface area (Å²) in [5.74, 6) is -2.18. The van der Waals surface area contributed by atoms with E-state index in [1.54, 1.807) is 18.2 Å². The molecule has 1 atom stereocenters. The average molecular weight is 340 g/mol. The van der Waals surface area contributed by atoms with Gasteiger partial charge in [0.05, 0.1) is 11.9 Å². The largest absolute Gasteiger partial charge is 0.481 e. The molecule has 0 aliphatic rings. The van der Waals surface area contributed by atoms with E-state index in [9.17, 15) is 9.59 Å². The molecule has 1 aromatic carbocycles. The Balaban J connectivity index is 2.39. The van der Waals surface area contributed by atoms with Gasteiger partial charge in [0.2, 0.25) is 0 Å². The van der Waals surface area contributed by atoms with Gasteiger partial charge in [0.15, 0.2) is 0 Å². The van der Waals surface area contributed by atoms with Gasteiger partial charge in [0.1, 0.15) is 18.2 Å². The lowest BCUT2D eigenvalue weighted by atomic mass is 10.2. The Labute approximate surface area is 121 Å². The fraction of sp³-hybridized carbons (Fsp3) is 0.167. The van der Waals surface area contributed by atoms with Gasteiger partial charge < -0.3 is 15.5 Å². The molecule has 2 rings (SSSR count). The Hall–Kier alpha value is -2.22. The fourth-order valence-corrected chi connectivity index (χ4v) is 2.04. The van der Waals surface area contributed by atoms with Crippen LogP contribution < -0.4 is 5.32 Å². The molecule has 8 heteroatoms. The second kappa shape index (κ2) is 5.83. The molecule has 0 saturated carbocycles. The normalized spacial score (nSPS) is 12.1. The maximum atomic E-state index is 11.1. The second-order valence-electron chi connectivity index (χ2n) is 4.02. The quantitative estimate of drug-likeness (QED) is 0.760. The molecule has 7 nitrogen and oxygen atoms in total. The summed E-state index contributed by atoms with van der Waals surface area (Å²) in [7, 11) is 0. The highest BCUT2D eigenvalue weighted by atomic mass is 79.9. The molecule has 1 heterocycles. The summed E-state index contributed by atoms with van der Waals surface area (Å²) in [5, 5.41) is 21.0. The monoisotopic (exact) mass is 339 g/mol. The van der Waals surface area contributed by atoms with Crippen LogP contribution in [0.3, 0.4) is 0 Å². The van der Waals surface area contributed by atoms with Crippen molar-refractivity contribution >= 4 is 44.6 Å². The molecule has 0 unspecified atom stereocenters. The van der Waals surface area contributed by atoms with E-state index in [-0.39, 0.29) is 5.82 Å². The molecule has 0 amide bonds. The number of halogens is 1. The van der Waals surface area contributed by atoms with Crippen LogP contribution >= 0.6 is 15.9 Å². The zero-order valence-corrected chi connectivity index (χ0v) is 11.7. The number of carbonyl (C=O) groups is 2. The van der Waals surface area contributed by atoms with Gasteiger partial charge >= 0.3 is 11.9 Å². The lowest BCUT2D eigenvalue weighted by Gasteiger charge is -2.14. The zero-order chi connectivity index (χ0) is 14.7. The lowest BCUT2D eigenvalue weighted by Crippen LogP contribution is -2.32. The summed E-state index contributed by atoms with van der Waals surface area (Å²) in [6, 6.07) is 4.02. The Morgan fingerprint density at radius 1 is 1.30 bits per heavy atom. The highest BCUT2D eigenvalue weighted by molar-refractivity contribution is 9.10. The van der Waals surface area contributed by atoms with Crippen LogP contribution in [0.5, 0.6) is 0 Å². The molecular weight excluding hydrogens is 330 g/mol. The minimum atomic E-state index is -1.26. The van der Waals surface area contributed by atoms with Crippen molar-refractivity contribution < 1.29 is 19.8 Å². The summed E-state index contributed by atoms with van der Waals surface area (Å²) < 4.78 is 0.785. The molecule has 0 fully saturated rings. The van der Waals surface area contributed by atoms with Crippen molar-refractivity contribution in [3.63, 3.8) is 0 Å². The van der Waals surface area contributed by atoms with E-state index in [2.05, 4.69) is 31.2 Å². The highest BCUT2D eigenvalue weighted by Gasteiger charge is 2.22. The summed E-state index contributed by atoms with van der Waals surface area (Å²) in [5.41, 5.74) is 0.630. The standard InChI is InChI=1S/C12H10BrN3O4/c13-6-1-2-8-7(3-6)11(15-5-14-8)16-9(12(19)20)4-10(17)18/h1-3,5,9H,4H2,(H,17,18)(H,19,20)(H,14,15,16)/t9-/m0/s1. The Bertz CT molecular complexity index is 677. The number of hydrogen-bond donors (Lipinski definition) is 3. The van der Waals surface area contributed by atoms with Gasteiger partial charge in [-0.05, 0) is 18.2 Å². The van der Waals surface area contributed by atoms with Crippen molar-refractivity contribution in [1.82, 2.24) is 9.97 Å². The molecule has 0 bridgehead atoms. The number of aliphatic carboxylic acids is 2. The summed E-state index contributed by atoms with van der Waals surface area (Å²) >= 11 is 3.31. The van der Waals surface area contributed by atoms with Crippen molar-refractivity contribution in [3.8, 4) is 0 Å². The van der Waals surface area contributed by atoms with E-state index in [4.69, 9.17) is 10.2 Å². The zero-order valence-electron chi connectivity index (χ0n) is 10.1.